The van der Waals surface area contributed by atoms with Crippen LogP contribution < -0.4 is 5.32 Å². The van der Waals surface area contributed by atoms with Gasteiger partial charge in [-0.2, -0.15) is 5.10 Å². The molecule has 1 aliphatic rings. The Bertz CT molecular complexity index is 384. The second-order valence-corrected chi connectivity index (χ2v) is 5.31. The molecular weight excluding hydrogens is 236 g/mol. The van der Waals surface area contributed by atoms with Crippen molar-refractivity contribution in [2.75, 3.05) is 20.1 Å². The molecule has 4 nitrogen and oxygen atoms in total. The highest BCUT2D eigenvalue weighted by atomic mass is 35.5. The van der Waals surface area contributed by atoms with Crippen LogP contribution in [0.25, 0.3) is 0 Å². The van der Waals surface area contributed by atoms with E-state index >= 15 is 0 Å². The van der Waals surface area contributed by atoms with Crippen LogP contribution in [0.4, 0.5) is 0 Å². The van der Waals surface area contributed by atoms with E-state index in [1.54, 1.807) is 0 Å². The molecule has 2 rings (SSSR count). The van der Waals surface area contributed by atoms with Crippen molar-refractivity contribution in [3.8, 4) is 0 Å². The van der Waals surface area contributed by atoms with Gasteiger partial charge in [-0.1, -0.05) is 11.6 Å². The first-order valence-electron chi connectivity index (χ1n) is 6.18. The fourth-order valence-electron chi connectivity index (χ4n) is 1.93. The molecule has 1 aromatic heterocycles. The van der Waals surface area contributed by atoms with Crippen LogP contribution in [0.2, 0.25) is 5.02 Å². The predicted octanol–water partition coefficient (Wildman–Crippen LogP) is 1.57. The first-order chi connectivity index (χ1) is 8.08. The molecule has 1 saturated carbocycles. The van der Waals surface area contributed by atoms with Crippen LogP contribution >= 0.6 is 11.6 Å². The number of hydrogen-bond acceptors (Lipinski definition) is 3. The number of hydrogen-bond donors (Lipinski definition) is 1. The highest BCUT2D eigenvalue weighted by molar-refractivity contribution is 6.31. The second kappa shape index (κ2) is 5.38. The topological polar surface area (TPSA) is 33.1 Å². The number of rotatable bonds is 6. The van der Waals surface area contributed by atoms with Crippen molar-refractivity contribution in [2.24, 2.45) is 7.05 Å². The van der Waals surface area contributed by atoms with Crippen molar-refractivity contribution >= 4 is 11.6 Å². The van der Waals surface area contributed by atoms with Crippen molar-refractivity contribution in [2.45, 2.75) is 32.4 Å². The molecule has 5 heteroatoms. The van der Waals surface area contributed by atoms with Crippen molar-refractivity contribution in [3.05, 3.63) is 16.4 Å². The lowest BCUT2D eigenvalue weighted by Crippen LogP contribution is -2.30. The van der Waals surface area contributed by atoms with E-state index in [-0.39, 0.29) is 0 Å². The normalized spacial score (nSPS) is 15.8. The molecule has 1 N–H and O–H groups in total. The second-order valence-electron chi connectivity index (χ2n) is 4.94. The number of nitrogens with zero attached hydrogens (tertiary/aromatic N) is 3. The van der Waals surface area contributed by atoms with E-state index in [1.807, 2.05) is 18.7 Å². The zero-order valence-electron chi connectivity index (χ0n) is 10.8. The summed E-state index contributed by atoms with van der Waals surface area (Å²) in [7, 11) is 4.07. The van der Waals surface area contributed by atoms with Crippen LogP contribution in [0, 0.1) is 6.92 Å². The first kappa shape index (κ1) is 12.9. The summed E-state index contributed by atoms with van der Waals surface area (Å²) in [6.07, 6.45) is 2.69. The van der Waals surface area contributed by atoms with Gasteiger partial charge >= 0.3 is 0 Å². The maximum Gasteiger partial charge on any atom is 0.0860 e. The van der Waals surface area contributed by atoms with E-state index in [0.717, 1.165) is 42.1 Å². The Morgan fingerprint density at radius 3 is 2.76 bits per heavy atom. The lowest BCUT2D eigenvalue weighted by atomic mass is 10.3. The van der Waals surface area contributed by atoms with Gasteiger partial charge in [-0.25, -0.2) is 0 Å². The van der Waals surface area contributed by atoms with Crippen molar-refractivity contribution < 1.29 is 0 Å². The van der Waals surface area contributed by atoms with Gasteiger partial charge in [0.05, 0.1) is 16.4 Å². The van der Waals surface area contributed by atoms with Crippen molar-refractivity contribution in [1.82, 2.24) is 20.0 Å². The fourth-order valence-corrected chi connectivity index (χ4v) is 2.15. The van der Waals surface area contributed by atoms with Gasteiger partial charge < -0.3 is 5.32 Å². The van der Waals surface area contributed by atoms with Gasteiger partial charge in [-0.05, 0) is 26.8 Å². The van der Waals surface area contributed by atoms with Gasteiger partial charge in [0, 0.05) is 32.7 Å². The number of aromatic nitrogens is 2. The van der Waals surface area contributed by atoms with E-state index in [1.165, 1.54) is 12.8 Å². The van der Waals surface area contributed by atoms with Crippen molar-refractivity contribution in [1.29, 1.82) is 0 Å². The Kier molecular flexibility index (Phi) is 4.07. The first-order valence-corrected chi connectivity index (χ1v) is 6.55. The summed E-state index contributed by atoms with van der Waals surface area (Å²) in [6, 6.07) is 0.783. The summed E-state index contributed by atoms with van der Waals surface area (Å²) in [5.41, 5.74) is 2.01. The third kappa shape index (κ3) is 3.44. The smallest absolute Gasteiger partial charge is 0.0860 e. The van der Waals surface area contributed by atoms with Gasteiger partial charge in [0.25, 0.3) is 0 Å². The summed E-state index contributed by atoms with van der Waals surface area (Å²) < 4.78 is 1.88. The molecule has 96 valence electrons. The molecule has 0 aliphatic heterocycles. The van der Waals surface area contributed by atoms with Gasteiger partial charge in [0.2, 0.25) is 0 Å². The molecule has 0 radical (unpaired) electrons. The molecule has 0 aromatic carbocycles. The molecule has 17 heavy (non-hydrogen) atoms. The molecule has 0 amide bonds. The molecular formula is C12H21ClN4. The maximum atomic E-state index is 6.23. The third-order valence-electron chi connectivity index (χ3n) is 3.19. The standard InChI is InChI=1S/C12H21ClN4/c1-9-12(13)11(17(3)15-9)8-16(2)7-6-14-10-4-5-10/h10,14H,4-8H2,1-3H3. The largest absolute Gasteiger partial charge is 0.313 e. The minimum Gasteiger partial charge on any atom is -0.313 e. The maximum absolute atomic E-state index is 6.23. The molecule has 0 unspecified atom stereocenters. The summed E-state index contributed by atoms with van der Waals surface area (Å²) in [5.74, 6) is 0. The molecule has 1 heterocycles. The quantitative estimate of drug-likeness (QED) is 0.839. The van der Waals surface area contributed by atoms with Gasteiger partial charge in [-0.15, -0.1) is 0 Å². The van der Waals surface area contributed by atoms with E-state index in [0.29, 0.717) is 0 Å². The van der Waals surface area contributed by atoms with Crippen LogP contribution in [0.1, 0.15) is 24.2 Å². The summed E-state index contributed by atoms with van der Waals surface area (Å²) in [6.45, 7) is 4.88. The monoisotopic (exact) mass is 256 g/mol. The van der Waals surface area contributed by atoms with Crippen LogP contribution in [-0.2, 0) is 13.6 Å². The van der Waals surface area contributed by atoms with Crippen LogP contribution in [0.15, 0.2) is 0 Å². The molecule has 0 saturated heterocycles. The fraction of sp³-hybridized carbons (Fsp3) is 0.750. The molecule has 0 spiro atoms. The molecule has 1 fully saturated rings. The Balaban J connectivity index is 1.81. The van der Waals surface area contributed by atoms with Crippen LogP contribution in [0.3, 0.4) is 0 Å². The Morgan fingerprint density at radius 2 is 2.24 bits per heavy atom. The van der Waals surface area contributed by atoms with Crippen LogP contribution in [-0.4, -0.2) is 40.9 Å². The number of aryl methyl sites for hydroxylation is 2. The summed E-state index contributed by atoms with van der Waals surface area (Å²) in [5, 5.41) is 8.64. The van der Waals surface area contributed by atoms with E-state index in [4.69, 9.17) is 11.6 Å². The number of likely N-dealkylation sites (N-methyl/N-ethyl adjacent to an activating group) is 1. The van der Waals surface area contributed by atoms with Gasteiger partial charge in [0.15, 0.2) is 0 Å². The van der Waals surface area contributed by atoms with Gasteiger partial charge in [0.1, 0.15) is 0 Å². The van der Waals surface area contributed by atoms with E-state index < -0.39 is 0 Å². The summed E-state index contributed by atoms with van der Waals surface area (Å²) in [4.78, 5) is 2.28. The minimum atomic E-state index is 0.783. The lowest BCUT2D eigenvalue weighted by molar-refractivity contribution is 0.315. The van der Waals surface area contributed by atoms with E-state index in [9.17, 15) is 0 Å². The number of nitrogens with one attached hydrogen (secondary N) is 1. The highest BCUT2D eigenvalue weighted by Crippen LogP contribution is 2.20. The van der Waals surface area contributed by atoms with E-state index in [2.05, 4.69) is 22.4 Å². The Labute approximate surface area is 108 Å². The predicted molar refractivity (Wildman–Crippen MR) is 70.3 cm³/mol. The average Bonchev–Trinajstić information content (AvgIpc) is 3.04. The Hall–Kier alpha value is -0.580. The molecule has 1 aromatic rings. The zero-order valence-corrected chi connectivity index (χ0v) is 11.6. The number of halogens is 1. The molecule has 1 aliphatic carbocycles. The molecule has 0 bridgehead atoms. The third-order valence-corrected chi connectivity index (χ3v) is 3.68. The lowest BCUT2D eigenvalue weighted by Gasteiger charge is -2.17. The SMILES string of the molecule is Cc1nn(C)c(CN(C)CCNC2CC2)c1Cl. The van der Waals surface area contributed by atoms with Crippen LogP contribution in [0.5, 0.6) is 0 Å². The highest BCUT2D eigenvalue weighted by Gasteiger charge is 2.20. The van der Waals surface area contributed by atoms with Crippen molar-refractivity contribution in [3.63, 3.8) is 0 Å². The minimum absolute atomic E-state index is 0.783. The molecule has 0 atom stereocenters. The zero-order chi connectivity index (χ0) is 12.4. The summed E-state index contributed by atoms with van der Waals surface area (Å²) >= 11 is 6.23. The average molecular weight is 257 g/mol. The Morgan fingerprint density at radius 1 is 1.53 bits per heavy atom. The van der Waals surface area contributed by atoms with Gasteiger partial charge in [-0.3, -0.25) is 9.58 Å².